The number of rotatable bonds is 2. The van der Waals surface area contributed by atoms with Crippen LogP contribution in [0.5, 0.6) is 5.75 Å². The van der Waals surface area contributed by atoms with Gasteiger partial charge in [0.25, 0.3) is 0 Å². The van der Waals surface area contributed by atoms with Crippen molar-refractivity contribution in [1.82, 2.24) is 5.32 Å². The molecule has 1 atom stereocenters. The van der Waals surface area contributed by atoms with Crippen LogP contribution in [0.4, 0.5) is 5.69 Å². The maximum absolute atomic E-state index is 5.90. The monoisotopic (exact) mass is 282 g/mol. The van der Waals surface area contributed by atoms with E-state index in [0.717, 1.165) is 18.2 Å². The Bertz CT molecular complexity index is 407. The smallest absolute Gasteiger partial charge is 0.143 e. The number of hydrogen-bond donors (Lipinski definition) is 1. The number of ether oxygens (including phenoxy) is 1. The number of para-hydroxylation sites is 2. The summed E-state index contributed by atoms with van der Waals surface area (Å²) in [6, 6.07) is 8.43. The van der Waals surface area contributed by atoms with Crippen molar-refractivity contribution in [1.29, 1.82) is 0 Å². The van der Waals surface area contributed by atoms with E-state index in [4.69, 9.17) is 4.74 Å². The lowest BCUT2D eigenvalue weighted by Crippen LogP contribution is -2.43. The molecule has 1 aromatic carbocycles. The van der Waals surface area contributed by atoms with Gasteiger partial charge in [0.1, 0.15) is 11.9 Å². The number of benzene rings is 1. The predicted molar refractivity (Wildman–Crippen MR) is 81.6 cm³/mol. The second-order valence-corrected chi connectivity index (χ2v) is 5.49. The van der Waals surface area contributed by atoms with Gasteiger partial charge in [-0.3, -0.25) is 0 Å². The summed E-state index contributed by atoms with van der Waals surface area (Å²) in [6.07, 6.45) is 2.89. The largest absolute Gasteiger partial charge is 0.487 e. The highest BCUT2D eigenvalue weighted by Crippen LogP contribution is 2.34. The molecule has 106 valence electrons. The zero-order valence-electron chi connectivity index (χ0n) is 11.5. The van der Waals surface area contributed by atoms with Crippen LogP contribution in [0.1, 0.15) is 19.8 Å². The second-order valence-electron chi connectivity index (χ2n) is 5.49. The first-order valence-electron chi connectivity index (χ1n) is 7.04. The van der Waals surface area contributed by atoms with E-state index in [1.807, 2.05) is 0 Å². The standard InChI is InChI=1S/C15H22N2O.ClH/c1-12-10-17(11-13-6-8-16-9-7-13)14-4-2-3-5-15(14)18-12;/h2-5,12-13,16H,6-11H2,1H3;1H. The first-order chi connectivity index (χ1) is 8.83. The van der Waals surface area contributed by atoms with Crippen molar-refractivity contribution in [3.05, 3.63) is 24.3 Å². The van der Waals surface area contributed by atoms with Crippen molar-refractivity contribution in [2.24, 2.45) is 5.92 Å². The zero-order chi connectivity index (χ0) is 12.4. The van der Waals surface area contributed by atoms with Crippen LogP contribution in [0, 0.1) is 5.92 Å². The lowest BCUT2D eigenvalue weighted by atomic mass is 9.97. The Kier molecular flexibility index (Phi) is 4.94. The minimum absolute atomic E-state index is 0. The molecule has 3 nitrogen and oxygen atoms in total. The maximum atomic E-state index is 5.90. The summed E-state index contributed by atoms with van der Waals surface area (Å²) in [6.45, 7) is 6.69. The molecule has 2 aliphatic rings. The average Bonchev–Trinajstić information content (AvgIpc) is 2.40. The van der Waals surface area contributed by atoms with Crippen LogP contribution < -0.4 is 15.0 Å². The highest BCUT2D eigenvalue weighted by molar-refractivity contribution is 5.85. The summed E-state index contributed by atoms with van der Waals surface area (Å²) in [4.78, 5) is 2.51. The first kappa shape index (κ1) is 14.5. The van der Waals surface area contributed by atoms with Gasteiger partial charge in [0, 0.05) is 6.54 Å². The summed E-state index contributed by atoms with van der Waals surface area (Å²) in [5, 5.41) is 3.44. The minimum Gasteiger partial charge on any atom is -0.487 e. The molecule has 2 aliphatic heterocycles. The van der Waals surface area contributed by atoms with Crippen molar-refractivity contribution >= 4 is 18.1 Å². The third kappa shape index (κ3) is 3.34. The molecule has 1 fully saturated rings. The molecule has 19 heavy (non-hydrogen) atoms. The van der Waals surface area contributed by atoms with E-state index in [-0.39, 0.29) is 12.4 Å². The van der Waals surface area contributed by atoms with Crippen molar-refractivity contribution < 1.29 is 4.74 Å². The topological polar surface area (TPSA) is 24.5 Å². The van der Waals surface area contributed by atoms with E-state index >= 15 is 0 Å². The third-order valence-corrected chi connectivity index (χ3v) is 3.95. The van der Waals surface area contributed by atoms with Crippen LogP contribution in [-0.2, 0) is 0 Å². The van der Waals surface area contributed by atoms with E-state index < -0.39 is 0 Å². The molecule has 2 heterocycles. The summed E-state index contributed by atoms with van der Waals surface area (Å²) < 4.78 is 5.90. The molecule has 0 amide bonds. The van der Waals surface area contributed by atoms with Gasteiger partial charge in [0.2, 0.25) is 0 Å². The Balaban J connectivity index is 0.00000133. The summed E-state index contributed by atoms with van der Waals surface area (Å²) in [5.74, 6) is 1.87. The molecular formula is C15H23ClN2O. The highest BCUT2D eigenvalue weighted by atomic mass is 35.5. The average molecular weight is 283 g/mol. The molecule has 0 saturated carbocycles. The lowest BCUT2D eigenvalue weighted by Gasteiger charge is -2.38. The number of nitrogens with zero attached hydrogens (tertiary/aromatic N) is 1. The lowest BCUT2D eigenvalue weighted by molar-refractivity contribution is 0.208. The Morgan fingerprint density at radius 3 is 2.79 bits per heavy atom. The fraction of sp³-hybridized carbons (Fsp3) is 0.600. The normalized spacial score (nSPS) is 23.2. The van der Waals surface area contributed by atoms with E-state index in [9.17, 15) is 0 Å². The molecule has 0 spiro atoms. The minimum atomic E-state index is 0. The third-order valence-electron chi connectivity index (χ3n) is 3.95. The van der Waals surface area contributed by atoms with Gasteiger partial charge in [0.05, 0.1) is 12.2 Å². The fourth-order valence-electron chi connectivity index (χ4n) is 3.03. The number of halogens is 1. The summed E-state index contributed by atoms with van der Waals surface area (Å²) >= 11 is 0. The van der Waals surface area contributed by atoms with E-state index in [2.05, 4.69) is 41.4 Å². The van der Waals surface area contributed by atoms with Crippen LogP contribution in [0.25, 0.3) is 0 Å². The van der Waals surface area contributed by atoms with Gasteiger partial charge in [-0.15, -0.1) is 12.4 Å². The van der Waals surface area contributed by atoms with Gasteiger partial charge in [-0.25, -0.2) is 0 Å². The molecule has 3 rings (SSSR count). The van der Waals surface area contributed by atoms with Gasteiger partial charge in [-0.2, -0.15) is 0 Å². The number of hydrogen-bond acceptors (Lipinski definition) is 3. The molecule has 1 aromatic rings. The number of anilines is 1. The van der Waals surface area contributed by atoms with Crippen LogP contribution in [0.15, 0.2) is 24.3 Å². The Morgan fingerprint density at radius 1 is 1.26 bits per heavy atom. The van der Waals surface area contributed by atoms with Crippen molar-refractivity contribution in [2.75, 3.05) is 31.1 Å². The second kappa shape index (κ2) is 6.49. The number of nitrogens with one attached hydrogen (secondary N) is 1. The van der Waals surface area contributed by atoms with Gasteiger partial charge in [-0.1, -0.05) is 12.1 Å². The maximum Gasteiger partial charge on any atom is 0.143 e. The molecule has 4 heteroatoms. The molecular weight excluding hydrogens is 260 g/mol. The summed E-state index contributed by atoms with van der Waals surface area (Å²) in [5.41, 5.74) is 1.27. The number of piperidine rings is 1. The van der Waals surface area contributed by atoms with Gasteiger partial charge < -0.3 is 15.0 Å². The fourth-order valence-corrected chi connectivity index (χ4v) is 3.03. The molecule has 0 aromatic heterocycles. The van der Waals surface area contributed by atoms with E-state index in [0.29, 0.717) is 6.10 Å². The van der Waals surface area contributed by atoms with Crippen molar-refractivity contribution in [2.45, 2.75) is 25.9 Å². The van der Waals surface area contributed by atoms with E-state index in [1.54, 1.807) is 0 Å². The number of fused-ring (bicyclic) bond motifs is 1. The van der Waals surface area contributed by atoms with Crippen molar-refractivity contribution in [3.63, 3.8) is 0 Å². The molecule has 1 N–H and O–H groups in total. The Hall–Kier alpha value is -0.930. The van der Waals surface area contributed by atoms with E-state index in [1.165, 1.54) is 38.2 Å². The van der Waals surface area contributed by atoms with Gasteiger partial charge in [-0.05, 0) is 50.9 Å². The summed E-state index contributed by atoms with van der Waals surface area (Å²) in [7, 11) is 0. The predicted octanol–water partition coefficient (Wildman–Crippen LogP) is 2.70. The van der Waals surface area contributed by atoms with Crippen molar-refractivity contribution in [3.8, 4) is 5.75 Å². The SMILES string of the molecule is CC1CN(CC2CCNCC2)c2ccccc2O1.Cl. The van der Waals surface area contributed by atoms with Crippen LogP contribution >= 0.6 is 12.4 Å². The molecule has 1 saturated heterocycles. The molecule has 0 aliphatic carbocycles. The Labute approximate surface area is 121 Å². The first-order valence-corrected chi connectivity index (χ1v) is 7.04. The van der Waals surface area contributed by atoms with Crippen LogP contribution in [0.2, 0.25) is 0 Å². The highest BCUT2D eigenvalue weighted by Gasteiger charge is 2.25. The zero-order valence-corrected chi connectivity index (χ0v) is 12.3. The molecule has 1 unspecified atom stereocenters. The quantitative estimate of drug-likeness (QED) is 0.903. The van der Waals surface area contributed by atoms with Gasteiger partial charge in [0.15, 0.2) is 0 Å². The Morgan fingerprint density at radius 2 is 2.00 bits per heavy atom. The molecule has 0 radical (unpaired) electrons. The molecule has 0 bridgehead atoms. The van der Waals surface area contributed by atoms with Crippen LogP contribution in [-0.4, -0.2) is 32.3 Å². The van der Waals surface area contributed by atoms with Crippen LogP contribution in [0.3, 0.4) is 0 Å². The van der Waals surface area contributed by atoms with Gasteiger partial charge >= 0.3 is 0 Å².